The van der Waals surface area contributed by atoms with E-state index in [0.29, 0.717) is 0 Å². The molecule has 0 N–H and O–H groups in total. The molecule has 0 spiro atoms. The van der Waals surface area contributed by atoms with Gasteiger partial charge in [-0.15, -0.1) is 0 Å². The molecule has 88 valence electrons. The molecule has 0 saturated heterocycles. The van der Waals surface area contributed by atoms with Crippen LogP contribution in [0.3, 0.4) is 0 Å². The average molecular weight is 253 g/mol. The summed E-state index contributed by atoms with van der Waals surface area (Å²) in [6.07, 6.45) is 5.62. The van der Waals surface area contributed by atoms with Gasteiger partial charge in [-0.25, -0.2) is 8.42 Å². The van der Waals surface area contributed by atoms with E-state index >= 15 is 0 Å². The van der Waals surface area contributed by atoms with Crippen LogP contribution in [0.4, 0.5) is 0 Å². The summed E-state index contributed by atoms with van der Waals surface area (Å²) in [6.45, 7) is 0. The zero-order chi connectivity index (χ0) is 11.1. The minimum atomic E-state index is -3.41. The Morgan fingerprint density at radius 2 is 2.00 bits per heavy atom. The molecule has 0 radical (unpaired) electrons. The maximum Gasteiger partial charge on any atom is 0.238 e. The van der Waals surface area contributed by atoms with Crippen molar-refractivity contribution in [2.45, 2.75) is 49.4 Å². The first-order chi connectivity index (χ1) is 6.99. The molecule has 0 aromatic carbocycles. The quantitative estimate of drug-likeness (QED) is 0.724. The average Bonchev–Trinajstić information content (AvgIpc) is 2.97. The van der Waals surface area contributed by atoms with Crippen LogP contribution in [0.25, 0.3) is 0 Å². The zero-order valence-corrected chi connectivity index (χ0v) is 10.5. The molecule has 3 nitrogen and oxygen atoms in total. The molecule has 0 amide bonds. The van der Waals surface area contributed by atoms with E-state index in [9.17, 15) is 8.42 Å². The number of methoxy groups -OCH3 is 1. The molecule has 0 bridgehead atoms. The van der Waals surface area contributed by atoms with E-state index in [1.54, 1.807) is 7.11 Å². The van der Waals surface area contributed by atoms with Crippen molar-refractivity contribution in [3.63, 3.8) is 0 Å². The molecular formula is C10H17ClO3S. The van der Waals surface area contributed by atoms with E-state index in [1.807, 2.05) is 0 Å². The zero-order valence-electron chi connectivity index (χ0n) is 8.91. The molecule has 2 saturated carbocycles. The van der Waals surface area contributed by atoms with E-state index in [-0.39, 0.29) is 12.0 Å². The second-order valence-electron chi connectivity index (χ2n) is 4.72. The molecule has 5 heteroatoms. The van der Waals surface area contributed by atoms with Gasteiger partial charge in [0.2, 0.25) is 9.05 Å². The van der Waals surface area contributed by atoms with Crippen molar-refractivity contribution in [3.8, 4) is 0 Å². The molecule has 0 aromatic rings. The molecule has 15 heavy (non-hydrogen) atoms. The smallest absolute Gasteiger partial charge is 0.238 e. The van der Waals surface area contributed by atoms with E-state index < -0.39 is 13.8 Å². The van der Waals surface area contributed by atoms with E-state index in [2.05, 4.69) is 0 Å². The standard InChI is InChI=1S/C10H17ClO3S/c1-14-9-4-2-3-8(7-9)10(5-6-10)15(11,12)13/h8-9H,2-7H2,1H3. The van der Waals surface area contributed by atoms with Crippen LogP contribution in [0.2, 0.25) is 0 Å². The van der Waals surface area contributed by atoms with Crippen molar-refractivity contribution in [2.24, 2.45) is 5.92 Å². The first kappa shape index (κ1) is 11.7. The second-order valence-corrected chi connectivity index (χ2v) is 7.63. The van der Waals surface area contributed by atoms with Crippen LogP contribution in [0.5, 0.6) is 0 Å². The first-order valence-electron chi connectivity index (χ1n) is 5.46. The Hall–Kier alpha value is 0.200. The van der Waals surface area contributed by atoms with Crippen LogP contribution in [0.15, 0.2) is 0 Å². The third-order valence-electron chi connectivity index (χ3n) is 3.93. The molecule has 0 heterocycles. The summed E-state index contributed by atoms with van der Waals surface area (Å²) in [4.78, 5) is 0. The SMILES string of the molecule is COC1CCCC(C2(S(=O)(=O)Cl)CC2)C1. The molecule has 2 fully saturated rings. The predicted octanol–water partition coefficient (Wildman–Crippen LogP) is 2.29. The lowest BCUT2D eigenvalue weighted by Gasteiger charge is -2.32. The van der Waals surface area contributed by atoms with Gasteiger partial charge in [-0.05, 0) is 38.0 Å². The first-order valence-corrected chi connectivity index (χ1v) is 7.77. The fraction of sp³-hybridized carbons (Fsp3) is 1.00. The minimum absolute atomic E-state index is 0.207. The fourth-order valence-electron chi connectivity index (χ4n) is 2.81. The van der Waals surface area contributed by atoms with Crippen molar-refractivity contribution in [1.82, 2.24) is 0 Å². The Labute approximate surface area is 95.6 Å². The van der Waals surface area contributed by atoms with Gasteiger partial charge in [-0.2, -0.15) is 0 Å². The fourth-order valence-corrected chi connectivity index (χ4v) is 4.85. The number of hydrogen-bond acceptors (Lipinski definition) is 3. The summed E-state index contributed by atoms with van der Waals surface area (Å²) >= 11 is 0. The van der Waals surface area contributed by atoms with Gasteiger partial charge in [0.15, 0.2) is 0 Å². The summed E-state index contributed by atoms with van der Waals surface area (Å²) in [7, 11) is 3.83. The summed E-state index contributed by atoms with van der Waals surface area (Å²) in [5, 5.41) is 0. The minimum Gasteiger partial charge on any atom is -0.381 e. The van der Waals surface area contributed by atoms with Gasteiger partial charge in [-0.1, -0.05) is 6.42 Å². The highest BCUT2D eigenvalue weighted by Crippen LogP contribution is 2.55. The van der Waals surface area contributed by atoms with Gasteiger partial charge in [0.05, 0.1) is 10.9 Å². The highest BCUT2D eigenvalue weighted by atomic mass is 35.7. The largest absolute Gasteiger partial charge is 0.381 e. The Bertz CT molecular complexity index is 335. The van der Waals surface area contributed by atoms with Crippen LogP contribution in [-0.2, 0) is 13.8 Å². The second kappa shape index (κ2) is 3.90. The van der Waals surface area contributed by atoms with Crippen LogP contribution < -0.4 is 0 Å². The van der Waals surface area contributed by atoms with Crippen LogP contribution in [0.1, 0.15) is 38.5 Å². The van der Waals surface area contributed by atoms with E-state index in [1.165, 1.54) is 0 Å². The van der Waals surface area contributed by atoms with Gasteiger partial charge < -0.3 is 4.74 Å². The Kier molecular flexibility index (Phi) is 3.03. The maximum absolute atomic E-state index is 11.5. The van der Waals surface area contributed by atoms with Gasteiger partial charge in [0, 0.05) is 17.8 Å². The molecule has 2 unspecified atom stereocenters. The van der Waals surface area contributed by atoms with Gasteiger partial charge in [0.25, 0.3) is 0 Å². The lowest BCUT2D eigenvalue weighted by molar-refractivity contribution is 0.0483. The summed E-state index contributed by atoms with van der Waals surface area (Å²) < 4.78 is 27.8. The van der Waals surface area contributed by atoms with Crippen molar-refractivity contribution in [3.05, 3.63) is 0 Å². The third-order valence-corrected chi connectivity index (χ3v) is 6.57. The number of rotatable bonds is 3. The lowest BCUT2D eigenvalue weighted by Crippen LogP contribution is -2.35. The summed E-state index contributed by atoms with van der Waals surface area (Å²) in [5.74, 6) is 0.207. The number of halogens is 1. The molecule has 2 rings (SSSR count). The number of ether oxygens (including phenoxy) is 1. The number of hydrogen-bond donors (Lipinski definition) is 0. The van der Waals surface area contributed by atoms with Gasteiger partial charge in [0.1, 0.15) is 0 Å². The van der Waals surface area contributed by atoms with Crippen LogP contribution >= 0.6 is 10.7 Å². The normalized spacial score (nSPS) is 35.1. The monoisotopic (exact) mass is 252 g/mol. The predicted molar refractivity (Wildman–Crippen MR) is 59.5 cm³/mol. The van der Waals surface area contributed by atoms with Gasteiger partial charge >= 0.3 is 0 Å². The Morgan fingerprint density at radius 3 is 2.47 bits per heavy atom. The molecule has 2 aliphatic rings. The van der Waals surface area contributed by atoms with E-state index in [4.69, 9.17) is 15.4 Å². The third kappa shape index (κ3) is 2.04. The van der Waals surface area contributed by atoms with Crippen molar-refractivity contribution >= 4 is 19.7 Å². The molecule has 0 aliphatic heterocycles. The molecular weight excluding hydrogens is 236 g/mol. The maximum atomic E-state index is 11.5. The molecule has 2 aliphatic carbocycles. The lowest BCUT2D eigenvalue weighted by atomic mass is 9.83. The van der Waals surface area contributed by atoms with Gasteiger partial charge in [-0.3, -0.25) is 0 Å². The molecule has 2 atom stereocenters. The Balaban J connectivity index is 2.11. The van der Waals surface area contributed by atoms with Crippen molar-refractivity contribution < 1.29 is 13.2 Å². The summed E-state index contributed by atoms with van der Waals surface area (Å²) in [6, 6.07) is 0. The summed E-state index contributed by atoms with van der Waals surface area (Å²) in [5.41, 5.74) is 0. The highest BCUT2D eigenvalue weighted by molar-refractivity contribution is 8.15. The van der Waals surface area contributed by atoms with E-state index in [0.717, 1.165) is 38.5 Å². The van der Waals surface area contributed by atoms with Crippen LogP contribution in [-0.4, -0.2) is 26.4 Å². The van der Waals surface area contributed by atoms with Crippen molar-refractivity contribution in [2.75, 3.05) is 7.11 Å². The highest BCUT2D eigenvalue weighted by Gasteiger charge is 2.59. The van der Waals surface area contributed by atoms with Crippen LogP contribution in [0, 0.1) is 5.92 Å². The van der Waals surface area contributed by atoms with Crippen molar-refractivity contribution in [1.29, 1.82) is 0 Å². The Morgan fingerprint density at radius 1 is 1.33 bits per heavy atom. The topological polar surface area (TPSA) is 43.4 Å². The molecule has 0 aromatic heterocycles.